The van der Waals surface area contributed by atoms with Crippen molar-refractivity contribution in [1.29, 1.82) is 0 Å². The first-order valence-electron chi connectivity index (χ1n) is 6.23. The van der Waals surface area contributed by atoms with Gasteiger partial charge in [0.1, 0.15) is 5.75 Å². The molecule has 0 spiro atoms. The zero-order valence-electron chi connectivity index (χ0n) is 11.2. The predicted octanol–water partition coefficient (Wildman–Crippen LogP) is 4.48. The Labute approximate surface area is 99.8 Å². The lowest BCUT2D eigenvalue weighted by Crippen LogP contribution is -2.14. The molecule has 1 atom stereocenters. The van der Waals surface area contributed by atoms with Gasteiger partial charge in [-0.15, -0.1) is 0 Å². The van der Waals surface area contributed by atoms with E-state index in [2.05, 4.69) is 58.9 Å². The predicted molar refractivity (Wildman–Crippen MR) is 70.0 cm³/mol. The van der Waals surface area contributed by atoms with Gasteiger partial charge in [-0.1, -0.05) is 46.8 Å². The van der Waals surface area contributed by atoms with E-state index in [1.807, 2.05) is 0 Å². The molecule has 0 bridgehead atoms. The van der Waals surface area contributed by atoms with Crippen LogP contribution in [0.2, 0.25) is 0 Å². The smallest absolute Gasteiger partial charge is 0.119 e. The fraction of sp³-hybridized carbons (Fsp3) is 0.600. The van der Waals surface area contributed by atoms with E-state index in [1.54, 1.807) is 0 Å². The van der Waals surface area contributed by atoms with Crippen molar-refractivity contribution in [2.45, 2.75) is 40.5 Å². The van der Waals surface area contributed by atoms with Gasteiger partial charge in [0, 0.05) is 0 Å². The molecule has 0 saturated carbocycles. The molecule has 0 saturated heterocycles. The van der Waals surface area contributed by atoms with Gasteiger partial charge in [0.05, 0.1) is 6.61 Å². The van der Waals surface area contributed by atoms with Gasteiger partial charge in [0.2, 0.25) is 0 Å². The van der Waals surface area contributed by atoms with Crippen molar-refractivity contribution < 1.29 is 4.74 Å². The fourth-order valence-corrected chi connectivity index (χ4v) is 1.37. The van der Waals surface area contributed by atoms with E-state index in [0.29, 0.717) is 17.8 Å². The van der Waals surface area contributed by atoms with Crippen LogP contribution >= 0.6 is 0 Å². The topological polar surface area (TPSA) is 9.23 Å². The quantitative estimate of drug-likeness (QED) is 0.711. The van der Waals surface area contributed by atoms with Crippen LogP contribution in [0.1, 0.15) is 46.1 Å². The van der Waals surface area contributed by atoms with Gasteiger partial charge in [0.25, 0.3) is 0 Å². The van der Waals surface area contributed by atoms with Crippen molar-refractivity contribution in [3.05, 3.63) is 29.8 Å². The van der Waals surface area contributed by atoms with E-state index < -0.39 is 0 Å². The van der Waals surface area contributed by atoms with Crippen LogP contribution < -0.4 is 4.74 Å². The minimum atomic E-state index is 0.587. The lowest BCUT2D eigenvalue weighted by atomic mass is 9.99. The molecule has 0 aliphatic rings. The van der Waals surface area contributed by atoms with Crippen LogP contribution in [0.4, 0.5) is 0 Å². The molecule has 1 rings (SSSR count). The molecule has 1 aromatic rings. The van der Waals surface area contributed by atoms with Gasteiger partial charge in [0.15, 0.2) is 0 Å². The van der Waals surface area contributed by atoms with E-state index in [0.717, 1.165) is 12.4 Å². The molecule has 90 valence electrons. The van der Waals surface area contributed by atoms with Crippen LogP contribution in [0.5, 0.6) is 5.75 Å². The Kier molecular flexibility index (Phi) is 4.85. The molecule has 0 aliphatic carbocycles. The second-order valence-corrected chi connectivity index (χ2v) is 5.26. The standard InChI is InChI=1S/C15H24O/c1-11(2)13(5)10-16-15-8-6-14(7-9-15)12(3)4/h6-9,11-13H,10H2,1-5H3. The van der Waals surface area contributed by atoms with Gasteiger partial charge in [-0.3, -0.25) is 0 Å². The molecular formula is C15H24O. The summed E-state index contributed by atoms with van der Waals surface area (Å²) in [5, 5.41) is 0. The summed E-state index contributed by atoms with van der Waals surface area (Å²) in [6.45, 7) is 11.9. The van der Waals surface area contributed by atoms with Crippen LogP contribution in [0.15, 0.2) is 24.3 Å². The maximum absolute atomic E-state index is 5.76. The average molecular weight is 220 g/mol. The van der Waals surface area contributed by atoms with E-state index in [1.165, 1.54) is 5.56 Å². The Morgan fingerprint density at radius 3 is 1.94 bits per heavy atom. The maximum atomic E-state index is 5.76. The lowest BCUT2D eigenvalue weighted by Gasteiger charge is -2.16. The van der Waals surface area contributed by atoms with Crippen LogP contribution in [0.3, 0.4) is 0 Å². The van der Waals surface area contributed by atoms with Gasteiger partial charge >= 0.3 is 0 Å². The molecule has 0 radical (unpaired) electrons. The zero-order chi connectivity index (χ0) is 12.1. The van der Waals surface area contributed by atoms with Crippen LogP contribution in [0, 0.1) is 11.8 Å². The second kappa shape index (κ2) is 5.93. The van der Waals surface area contributed by atoms with Gasteiger partial charge in [-0.25, -0.2) is 0 Å². The Morgan fingerprint density at radius 2 is 1.50 bits per heavy atom. The van der Waals surface area contributed by atoms with Gasteiger partial charge in [-0.2, -0.15) is 0 Å². The first-order valence-corrected chi connectivity index (χ1v) is 6.23. The molecule has 1 nitrogen and oxygen atoms in total. The van der Waals surface area contributed by atoms with E-state index in [4.69, 9.17) is 4.74 Å². The molecule has 16 heavy (non-hydrogen) atoms. The minimum absolute atomic E-state index is 0.587. The van der Waals surface area contributed by atoms with Gasteiger partial charge in [-0.05, 0) is 35.4 Å². The molecule has 1 aromatic carbocycles. The Balaban J connectivity index is 2.49. The number of hydrogen-bond donors (Lipinski definition) is 0. The SMILES string of the molecule is CC(C)c1ccc(OCC(C)C(C)C)cc1. The zero-order valence-corrected chi connectivity index (χ0v) is 11.2. The number of ether oxygens (including phenoxy) is 1. The highest BCUT2D eigenvalue weighted by atomic mass is 16.5. The van der Waals surface area contributed by atoms with Crippen LogP contribution in [0.25, 0.3) is 0 Å². The molecule has 1 unspecified atom stereocenters. The largest absolute Gasteiger partial charge is 0.493 e. The number of hydrogen-bond acceptors (Lipinski definition) is 1. The second-order valence-electron chi connectivity index (χ2n) is 5.26. The molecular weight excluding hydrogens is 196 g/mol. The molecule has 0 aliphatic heterocycles. The first kappa shape index (κ1) is 13.1. The summed E-state index contributed by atoms with van der Waals surface area (Å²) in [4.78, 5) is 0. The van der Waals surface area contributed by atoms with Gasteiger partial charge < -0.3 is 4.74 Å². The van der Waals surface area contributed by atoms with Crippen molar-refractivity contribution in [2.24, 2.45) is 11.8 Å². The number of rotatable bonds is 5. The molecule has 0 aromatic heterocycles. The highest BCUT2D eigenvalue weighted by molar-refractivity contribution is 5.28. The van der Waals surface area contributed by atoms with Crippen LogP contribution in [-0.4, -0.2) is 6.61 Å². The third kappa shape index (κ3) is 3.88. The third-order valence-electron chi connectivity index (χ3n) is 3.20. The summed E-state index contributed by atoms with van der Waals surface area (Å²) in [5.41, 5.74) is 1.37. The summed E-state index contributed by atoms with van der Waals surface area (Å²) in [7, 11) is 0. The normalized spacial score (nSPS) is 13.2. The lowest BCUT2D eigenvalue weighted by molar-refractivity contribution is 0.223. The highest BCUT2D eigenvalue weighted by Gasteiger charge is 2.07. The van der Waals surface area contributed by atoms with Crippen molar-refractivity contribution in [2.75, 3.05) is 6.61 Å². The molecule has 0 fully saturated rings. The molecule has 0 N–H and O–H groups in total. The summed E-state index contributed by atoms with van der Waals surface area (Å²) in [5.74, 6) is 2.85. The Morgan fingerprint density at radius 1 is 0.938 bits per heavy atom. The average Bonchev–Trinajstić information content (AvgIpc) is 2.26. The summed E-state index contributed by atoms with van der Waals surface area (Å²) in [6, 6.07) is 8.45. The third-order valence-corrected chi connectivity index (χ3v) is 3.20. The highest BCUT2D eigenvalue weighted by Crippen LogP contribution is 2.19. The summed E-state index contributed by atoms with van der Waals surface area (Å²) < 4.78 is 5.76. The van der Waals surface area contributed by atoms with Crippen LogP contribution in [-0.2, 0) is 0 Å². The van der Waals surface area contributed by atoms with E-state index in [-0.39, 0.29) is 0 Å². The van der Waals surface area contributed by atoms with Crippen molar-refractivity contribution in [3.63, 3.8) is 0 Å². The van der Waals surface area contributed by atoms with E-state index in [9.17, 15) is 0 Å². The summed E-state index contributed by atoms with van der Waals surface area (Å²) in [6.07, 6.45) is 0. The minimum Gasteiger partial charge on any atom is -0.493 e. The monoisotopic (exact) mass is 220 g/mol. The molecule has 0 amide bonds. The van der Waals surface area contributed by atoms with Crippen molar-refractivity contribution in [1.82, 2.24) is 0 Å². The fourth-order valence-electron chi connectivity index (χ4n) is 1.37. The Hall–Kier alpha value is -0.980. The van der Waals surface area contributed by atoms with E-state index >= 15 is 0 Å². The summed E-state index contributed by atoms with van der Waals surface area (Å²) >= 11 is 0. The molecule has 1 heteroatoms. The Bertz CT molecular complexity index is 298. The van der Waals surface area contributed by atoms with Crippen molar-refractivity contribution >= 4 is 0 Å². The molecule has 0 heterocycles. The maximum Gasteiger partial charge on any atom is 0.119 e. The van der Waals surface area contributed by atoms with Crippen molar-refractivity contribution in [3.8, 4) is 5.75 Å². The number of benzene rings is 1. The first-order chi connectivity index (χ1) is 7.50.